The molecule has 1 aliphatic carbocycles. The van der Waals surface area contributed by atoms with Crippen molar-refractivity contribution in [3.8, 4) is 0 Å². The Balaban J connectivity index is 0.00000180. The van der Waals surface area contributed by atoms with Gasteiger partial charge in [-0.05, 0) is 0 Å². The van der Waals surface area contributed by atoms with E-state index in [-0.39, 0.29) is 30.4 Å². The van der Waals surface area contributed by atoms with E-state index in [2.05, 4.69) is 72.3 Å². The Hall–Kier alpha value is 0.214. The van der Waals surface area contributed by atoms with E-state index in [4.69, 9.17) is 0 Å². The van der Waals surface area contributed by atoms with E-state index < -0.39 is 16.8 Å². The topological polar surface area (TPSA) is 12.0 Å². The fraction of sp³-hybridized carbons (Fsp3) is 0.500. The van der Waals surface area contributed by atoms with Crippen LogP contribution >= 0.6 is 0 Å². The Morgan fingerprint density at radius 1 is 1.05 bits per heavy atom. The van der Waals surface area contributed by atoms with E-state index in [1.165, 1.54) is 16.7 Å². The van der Waals surface area contributed by atoms with Crippen LogP contribution in [0.2, 0.25) is 10.5 Å². The molecular weight excluding hydrogens is 325 g/mol. The van der Waals surface area contributed by atoms with Crippen LogP contribution in [0.15, 0.2) is 29.8 Å². The first kappa shape index (κ1) is 20.2. The van der Waals surface area contributed by atoms with Crippen LogP contribution in [0.1, 0.15) is 43.0 Å². The number of rotatable bonds is 2. The van der Waals surface area contributed by atoms with Crippen LogP contribution in [-0.4, -0.2) is 5.54 Å². The largest absolute Gasteiger partial charge is 1.00 e. The molecule has 0 radical (unpaired) electrons. The summed E-state index contributed by atoms with van der Waals surface area (Å²) in [6.45, 7) is 9.13. The van der Waals surface area contributed by atoms with Crippen molar-refractivity contribution in [2.45, 2.75) is 47.9 Å². The molecule has 2 rings (SSSR count). The second-order valence-corrected chi connectivity index (χ2v) is 13.7. The third-order valence-corrected chi connectivity index (χ3v) is 9.19. The maximum atomic E-state index is 3.96. The van der Waals surface area contributed by atoms with E-state index in [1.807, 2.05) is 0 Å². The normalized spacial score (nSPS) is 16.9. The first-order valence-corrected chi connectivity index (χ1v) is 11.6. The van der Waals surface area contributed by atoms with Crippen LogP contribution in [0.3, 0.4) is 0 Å². The van der Waals surface area contributed by atoms with Crippen molar-refractivity contribution >= 4 is 6.08 Å². The van der Waals surface area contributed by atoms with Gasteiger partial charge in [0.05, 0.1) is 0 Å². The average Bonchev–Trinajstić information content (AvgIpc) is 2.49. The van der Waals surface area contributed by atoms with Crippen molar-refractivity contribution in [2.75, 3.05) is 0 Å². The Bertz CT molecular complexity index is 489. The summed E-state index contributed by atoms with van der Waals surface area (Å²) in [5.41, 5.74) is 4.71. The third kappa shape index (κ3) is 4.35. The van der Waals surface area contributed by atoms with E-state index >= 15 is 0 Å². The van der Waals surface area contributed by atoms with E-state index in [0.29, 0.717) is 4.22 Å². The summed E-state index contributed by atoms with van der Waals surface area (Å²) in [5.74, 6) is 0. The molecule has 1 aromatic rings. The van der Waals surface area contributed by atoms with Crippen LogP contribution in [0.4, 0.5) is 0 Å². The Kier molecular flexibility index (Phi) is 7.06. The molecule has 20 heavy (non-hydrogen) atoms. The molecule has 0 saturated carbocycles. The van der Waals surface area contributed by atoms with Crippen molar-refractivity contribution in [2.24, 2.45) is 0 Å². The number of nitrogens with one attached hydrogen (secondary N) is 1. The summed E-state index contributed by atoms with van der Waals surface area (Å²) in [4.78, 5) is 0. The predicted molar refractivity (Wildman–Crippen MR) is 77.5 cm³/mol. The molecule has 0 bridgehead atoms. The molecule has 0 amide bonds. The standard InChI is InChI=1S/C10H9.C4H10N.2CH3.2ClH.Ti/c1-8-6-9-4-2-3-5-10(9)7-8;1-4(2,3)5;;;;;/h2-7H,1H3;5H,1-3H3;2*1H3;2*1H;/q;-1;;;;;+3/p-2. The van der Waals surface area contributed by atoms with Crippen molar-refractivity contribution in [3.63, 3.8) is 0 Å². The molecule has 112 valence electrons. The van der Waals surface area contributed by atoms with Gasteiger partial charge in [0.2, 0.25) is 0 Å². The molecule has 0 fully saturated rings. The summed E-state index contributed by atoms with van der Waals surface area (Å²) in [6.07, 6.45) is 2.37. The predicted octanol–water partition coefficient (Wildman–Crippen LogP) is -1.29. The van der Waals surface area contributed by atoms with Crippen LogP contribution in [0, 0.1) is 0 Å². The molecule has 1 atom stereocenters. The van der Waals surface area contributed by atoms with Gasteiger partial charge >= 0.3 is 116 Å². The molecular formula is C16H25Cl2NTi. The van der Waals surface area contributed by atoms with Gasteiger partial charge < -0.3 is 24.8 Å². The quantitative estimate of drug-likeness (QED) is 0.655. The zero-order valence-electron chi connectivity index (χ0n) is 13.2. The molecule has 0 aromatic heterocycles. The minimum Gasteiger partial charge on any atom is -1.00 e. The molecule has 0 heterocycles. The monoisotopic (exact) mass is 349 g/mol. The molecule has 0 spiro atoms. The van der Waals surface area contributed by atoms with E-state index in [9.17, 15) is 0 Å². The third-order valence-electron chi connectivity index (χ3n) is 3.56. The van der Waals surface area contributed by atoms with Crippen molar-refractivity contribution in [3.05, 3.63) is 41.0 Å². The molecule has 1 unspecified atom stereocenters. The number of allylic oxidation sites excluding steroid dienone is 1. The number of hydrogen-bond acceptors (Lipinski definition) is 1. The van der Waals surface area contributed by atoms with Crippen LogP contribution < -0.4 is 28.6 Å². The number of hydrogen-bond donors (Lipinski definition) is 1. The van der Waals surface area contributed by atoms with Gasteiger partial charge in [-0.25, -0.2) is 0 Å². The van der Waals surface area contributed by atoms with Crippen LogP contribution in [-0.2, 0) is 16.8 Å². The average molecular weight is 350 g/mol. The maximum absolute atomic E-state index is 3.96. The van der Waals surface area contributed by atoms with Gasteiger partial charge in [-0.1, -0.05) is 0 Å². The smallest absolute Gasteiger partial charge is 1.00 e. The molecule has 1 N–H and O–H groups in total. The SMILES string of the molecule is CC1=Cc2ccccc2[CH]1[Ti+2]([CH3])([CH3])[NH]C(C)(C)C.[Cl-].[Cl-]. The molecule has 0 aliphatic heterocycles. The number of benzene rings is 1. The van der Waals surface area contributed by atoms with Crippen molar-refractivity contribution < 1.29 is 41.7 Å². The van der Waals surface area contributed by atoms with Crippen molar-refractivity contribution in [1.82, 2.24) is 3.80 Å². The van der Waals surface area contributed by atoms with Gasteiger partial charge in [0, 0.05) is 0 Å². The van der Waals surface area contributed by atoms with Gasteiger partial charge in [-0.3, -0.25) is 0 Å². The summed E-state index contributed by atoms with van der Waals surface area (Å²) >= 11 is -2.10. The zero-order valence-corrected chi connectivity index (χ0v) is 16.3. The minimum absolute atomic E-state index is 0. The Morgan fingerprint density at radius 3 is 2.15 bits per heavy atom. The minimum atomic E-state index is -2.10. The van der Waals surface area contributed by atoms with E-state index in [1.54, 1.807) is 0 Å². The number of fused-ring (bicyclic) bond motifs is 1. The summed E-state index contributed by atoms with van der Waals surface area (Å²) in [7, 11) is 0. The summed E-state index contributed by atoms with van der Waals surface area (Å²) in [5, 5.41) is 4.99. The molecule has 1 aromatic carbocycles. The second kappa shape index (κ2) is 6.98. The second-order valence-electron chi connectivity index (χ2n) is 7.05. The van der Waals surface area contributed by atoms with E-state index in [0.717, 1.165) is 0 Å². The Labute approximate surface area is 140 Å². The first-order valence-electron chi connectivity index (χ1n) is 6.77. The summed E-state index contributed by atoms with van der Waals surface area (Å²) in [6, 6.07) is 8.87. The van der Waals surface area contributed by atoms with Gasteiger partial charge in [-0.2, -0.15) is 0 Å². The molecule has 1 aliphatic rings. The fourth-order valence-corrected chi connectivity index (χ4v) is 10.3. The van der Waals surface area contributed by atoms with Crippen molar-refractivity contribution in [1.29, 1.82) is 0 Å². The Morgan fingerprint density at radius 2 is 1.60 bits per heavy atom. The van der Waals surface area contributed by atoms with Crippen LogP contribution in [0.5, 0.6) is 0 Å². The molecule has 1 nitrogen and oxygen atoms in total. The fourth-order valence-electron chi connectivity index (χ4n) is 3.48. The van der Waals surface area contributed by atoms with Crippen LogP contribution in [0.25, 0.3) is 6.08 Å². The van der Waals surface area contributed by atoms with Gasteiger partial charge in [-0.15, -0.1) is 0 Å². The maximum Gasteiger partial charge on any atom is -1.00 e. The first-order chi connectivity index (χ1) is 8.21. The van der Waals surface area contributed by atoms with Gasteiger partial charge in [0.25, 0.3) is 0 Å². The summed E-state index contributed by atoms with van der Waals surface area (Å²) < 4.78 is 4.61. The number of halogens is 2. The van der Waals surface area contributed by atoms with Gasteiger partial charge in [0.1, 0.15) is 0 Å². The van der Waals surface area contributed by atoms with Gasteiger partial charge in [0.15, 0.2) is 0 Å². The zero-order chi connectivity index (χ0) is 13.6. The molecule has 4 heteroatoms. The molecule has 0 saturated heterocycles.